The van der Waals surface area contributed by atoms with Gasteiger partial charge in [-0.05, 0) is 101 Å². The normalized spacial score (nSPS) is 14.8. The molecule has 43 heavy (non-hydrogen) atoms. The SMILES string of the molecule is Cc1cc(N2CCCC2)c2cc(Br)c(O)cc2n1.Cc1cc(N2CCCC2)c2cc(Br)c(OCc3ccccc3)cc2n1. The largest absolute Gasteiger partial charge is 0.507 e. The summed E-state index contributed by atoms with van der Waals surface area (Å²) in [5.74, 6) is 1.08. The van der Waals surface area contributed by atoms with Crippen molar-refractivity contribution in [1.29, 1.82) is 0 Å². The Kier molecular flexibility index (Phi) is 9.05. The summed E-state index contributed by atoms with van der Waals surface area (Å²) in [6.07, 6.45) is 5.04. The second-order valence-electron chi connectivity index (χ2n) is 11.3. The maximum atomic E-state index is 9.76. The Balaban J connectivity index is 0.000000162. The molecule has 2 aliphatic rings. The smallest absolute Gasteiger partial charge is 0.136 e. The Morgan fingerprint density at radius 2 is 1.21 bits per heavy atom. The van der Waals surface area contributed by atoms with Crippen molar-refractivity contribution in [2.45, 2.75) is 46.1 Å². The third-order valence-electron chi connectivity index (χ3n) is 8.08. The number of pyridine rings is 2. The van der Waals surface area contributed by atoms with Gasteiger partial charge in [0.1, 0.15) is 18.1 Å². The summed E-state index contributed by atoms with van der Waals surface area (Å²) in [5.41, 5.74) is 7.57. The van der Waals surface area contributed by atoms with Crippen molar-refractivity contribution >= 4 is 65.0 Å². The number of halogens is 2. The number of hydrogen-bond acceptors (Lipinski definition) is 6. The van der Waals surface area contributed by atoms with E-state index in [9.17, 15) is 5.11 Å². The van der Waals surface area contributed by atoms with Crippen molar-refractivity contribution in [1.82, 2.24) is 9.97 Å². The maximum absolute atomic E-state index is 9.76. The van der Waals surface area contributed by atoms with Crippen molar-refractivity contribution < 1.29 is 9.84 Å². The number of rotatable bonds is 5. The standard InChI is InChI=1S/C21H21BrN2O.C14H15BrN2O/c1-15-11-20(24-9-5-6-10-24)17-12-18(22)21(13-19(17)23-15)25-14-16-7-3-2-4-8-16;1-9-6-13(17-4-2-3-5-17)10-7-11(15)14(18)8-12(10)16-9/h2-4,7-8,11-13H,5-6,9-10,14H2,1H3;6-8,18H,2-5H2,1H3. The van der Waals surface area contributed by atoms with Gasteiger partial charge in [0.25, 0.3) is 0 Å². The highest BCUT2D eigenvalue weighted by atomic mass is 79.9. The third kappa shape index (κ3) is 6.75. The van der Waals surface area contributed by atoms with Gasteiger partial charge in [0.2, 0.25) is 0 Å². The van der Waals surface area contributed by atoms with E-state index in [1.54, 1.807) is 6.07 Å². The summed E-state index contributed by atoms with van der Waals surface area (Å²) in [6.45, 7) is 9.08. The van der Waals surface area contributed by atoms with Crippen LogP contribution in [0, 0.1) is 13.8 Å². The highest BCUT2D eigenvalue weighted by Crippen LogP contribution is 2.37. The number of aryl methyl sites for hydroxylation is 2. The molecule has 2 aliphatic heterocycles. The third-order valence-corrected chi connectivity index (χ3v) is 9.34. The minimum atomic E-state index is 0.243. The van der Waals surface area contributed by atoms with E-state index in [0.717, 1.165) is 74.2 Å². The first kappa shape index (κ1) is 29.7. The molecule has 0 unspecified atom stereocenters. The molecular formula is C35H36Br2N4O2. The highest BCUT2D eigenvalue weighted by molar-refractivity contribution is 9.11. The summed E-state index contributed by atoms with van der Waals surface area (Å²) in [5, 5.41) is 12.1. The van der Waals surface area contributed by atoms with Gasteiger partial charge >= 0.3 is 0 Å². The summed E-state index contributed by atoms with van der Waals surface area (Å²) in [4.78, 5) is 14.1. The monoisotopic (exact) mass is 702 g/mol. The van der Waals surface area contributed by atoms with Crippen LogP contribution in [0.3, 0.4) is 0 Å². The molecule has 2 saturated heterocycles. The van der Waals surface area contributed by atoms with E-state index in [0.29, 0.717) is 6.61 Å². The first-order chi connectivity index (χ1) is 20.9. The maximum Gasteiger partial charge on any atom is 0.136 e. The van der Waals surface area contributed by atoms with E-state index < -0.39 is 0 Å². The second-order valence-corrected chi connectivity index (χ2v) is 13.1. The molecule has 6 nitrogen and oxygen atoms in total. The zero-order valence-corrected chi connectivity index (χ0v) is 27.8. The lowest BCUT2D eigenvalue weighted by molar-refractivity contribution is 0.304. The van der Waals surface area contributed by atoms with E-state index in [-0.39, 0.29) is 5.75 Å². The van der Waals surface area contributed by atoms with E-state index in [2.05, 4.69) is 90.0 Å². The molecule has 0 saturated carbocycles. The molecule has 4 heterocycles. The predicted molar refractivity (Wildman–Crippen MR) is 184 cm³/mol. The molecule has 0 amide bonds. The fourth-order valence-electron chi connectivity index (χ4n) is 5.97. The van der Waals surface area contributed by atoms with Gasteiger partial charge in [-0.1, -0.05) is 30.3 Å². The average molecular weight is 705 g/mol. The molecule has 7 rings (SSSR count). The molecule has 3 aromatic carbocycles. The van der Waals surface area contributed by atoms with Crippen molar-refractivity contribution in [3.05, 3.63) is 92.6 Å². The van der Waals surface area contributed by atoms with E-state index in [1.165, 1.54) is 42.4 Å². The van der Waals surface area contributed by atoms with Crippen LogP contribution in [0.2, 0.25) is 0 Å². The number of hydrogen-bond donors (Lipinski definition) is 1. The lowest BCUT2D eigenvalue weighted by Crippen LogP contribution is -2.18. The zero-order chi connectivity index (χ0) is 29.9. The molecule has 5 aromatic rings. The van der Waals surface area contributed by atoms with Gasteiger partial charge in [0.05, 0.1) is 20.0 Å². The quantitative estimate of drug-likeness (QED) is 0.197. The summed E-state index contributed by atoms with van der Waals surface area (Å²) in [6, 6.07) is 22.4. The highest BCUT2D eigenvalue weighted by Gasteiger charge is 2.19. The molecule has 0 aliphatic carbocycles. The minimum absolute atomic E-state index is 0.243. The first-order valence-electron chi connectivity index (χ1n) is 14.9. The number of benzene rings is 3. The van der Waals surface area contributed by atoms with Gasteiger partial charge in [-0.3, -0.25) is 9.97 Å². The molecule has 2 aromatic heterocycles. The Labute approximate surface area is 270 Å². The van der Waals surface area contributed by atoms with Gasteiger partial charge in [0.15, 0.2) is 0 Å². The van der Waals surface area contributed by atoms with Crippen molar-refractivity contribution in [2.24, 2.45) is 0 Å². The Bertz CT molecular complexity index is 1750. The molecule has 0 bridgehead atoms. The Morgan fingerprint density at radius 3 is 1.77 bits per heavy atom. The first-order valence-corrected chi connectivity index (χ1v) is 16.5. The van der Waals surface area contributed by atoms with Crippen molar-refractivity contribution in [3.8, 4) is 11.5 Å². The van der Waals surface area contributed by atoms with Crippen LogP contribution in [0.4, 0.5) is 11.4 Å². The van der Waals surface area contributed by atoms with Gasteiger partial charge < -0.3 is 19.6 Å². The molecule has 8 heteroatoms. The summed E-state index contributed by atoms with van der Waals surface area (Å²) < 4.78 is 7.73. The fourth-order valence-corrected chi connectivity index (χ4v) is 6.77. The molecule has 0 atom stereocenters. The van der Waals surface area contributed by atoms with Crippen LogP contribution in [0.25, 0.3) is 21.8 Å². The van der Waals surface area contributed by atoms with Crippen molar-refractivity contribution in [2.75, 3.05) is 36.0 Å². The van der Waals surface area contributed by atoms with Crippen LogP contribution in [-0.4, -0.2) is 41.3 Å². The van der Waals surface area contributed by atoms with Gasteiger partial charge in [-0.2, -0.15) is 0 Å². The molecule has 0 spiro atoms. The van der Waals surface area contributed by atoms with Crippen LogP contribution in [0.15, 0.2) is 75.7 Å². The minimum Gasteiger partial charge on any atom is -0.507 e. The predicted octanol–water partition coefficient (Wildman–Crippen LogP) is 9.10. The number of ether oxygens (including phenoxy) is 1. The molecule has 0 radical (unpaired) electrons. The number of aromatic hydroxyl groups is 1. The van der Waals surface area contributed by atoms with Crippen LogP contribution >= 0.6 is 31.9 Å². The summed E-state index contributed by atoms with van der Waals surface area (Å²) in [7, 11) is 0. The number of aromatic nitrogens is 2. The molecule has 1 N–H and O–H groups in total. The average Bonchev–Trinajstić information content (AvgIpc) is 3.73. The van der Waals surface area contributed by atoms with E-state index in [1.807, 2.05) is 31.2 Å². The van der Waals surface area contributed by atoms with Gasteiger partial charge in [-0.15, -0.1) is 0 Å². The Morgan fingerprint density at radius 1 is 0.698 bits per heavy atom. The number of anilines is 2. The fraction of sp³-hybridized carbons (Fsp3) is 0.314. The van der Waals surface area contributed by atoms with Crippen LogP contribution in [-0.2, 0) is 6.61 Å². The molecular weight excluding hydrogens is 668 g/mol. The van der Waals surface area contributed by atoms with Gasteiger partial charge in [-0.25, -0.2) is 0 Å². The van der Waals surface area contributed by atoms with Crippen molar-refractivity contribution in [3.63, 3.8) is 0 Å². The van der Waals surface area contributed by atoms with E-state index >= 15 is 0 Å². The lowest BCUT2D eigenvalue weighted by atomic mass is 10.1. The number of nitrogens with zero attached hydrogens (tertiary/aromatic N) is 4. The summed E-state index contributed by atoms with van der Waals surface area (Å²) >= 11 is 7.06. The van der Waals surface area contributed by atoms with Gasteiger partial charge in [0, 0.05) is 71.8 Å². The van der Waals surface area contributed by atoms with E-state index in [4.69, 9.17) is 9.72 Å². The Hall–Kier alpha value is -3.36. The number of fused-ring (bicyclic) bond motifs is 2. The lowest BCUT2D eigenvalue weighted by Gasteiger charge is -2.21. The number of phenolic OH excluding ortho intramolecular Hbond substituents is 1. The van der Waals surface area contributed by atoms with Crippen LogP contribution < -0.4 is 14.5 Å². The zero-order valence-electron chi connectivity index (χ0n) is 24.6. The molecule has 222 valence electrons. The second kappa shape index (κ2) is 13.1. The molecule has 2 fully saturated rings. The van der Waals surface area contributed by atoms with Crippen LogP contribution in [0.5, 0.6) is 11.5 Å². The number of phenols is 1. The van der Waals surface area contributed by atoms with Crippen LogP contribution in [0.1, 0.15) is 42.6 Å². The topological polar surface area (TPSA) is 61.7 Å².